The van der Waals surface area contributed by atoms with E-state index in [4.69, 9.17) is 0 Å². The third-order valence-electron chi connectivity index (χ3n) is 6.05. The lowest BCUT2D eigenvalue weighted by atomic mass is 9.48. The molecule has 0 spiro atoms. The molecule has 1 aromatic carbocycles. The number of rotatable bonds is 3. The van der Waals surface area contributed by atoms with Gasteiger partial charge in [0.15, 0.2) is 0 Å². The van der Waals surface area contributed by atoms with Gasteiger partial charge in [0.25, 0.3) is 0 Å². The molecule has 0 radical (unpaired) electrons. The van der Waals surface area contributed by atoms with E-state index in [-0.39, 0.29) is 5.82 Å². The van der Waals surface area contributed by atoms with Crippen LogP contribution < -0.4 is 0 Å². The highest BCUT2D eigenvalue weighted by molar-refractivity contribution is 9.09. The molecule has 5 rings (SSSR count). The fourth-order valence-corrected chi connectivity index (χ4v) is 6.58. The average Bonchev–Trinajstić information content (AvgIpc) is 2.37. The number of halogens is 2. The first kappa shape index (κ1) is 13.3. The van der Waals surface area contributed by atoms with Crippen LogP contribution in [0.3, 0.4) is 0 Å². The smallest absolute Gasteiger partial charge is 0.123 e. The van der Waals surface area contributed by atoms with Crippen molar-refractivity contribution in [2.45, 2.75) is 49.8 Å². The first-order valence-electron chi connectivity index (χ1n) is 8.01. The summed E-state index contributed by atoms with van der Waals surface area (Å²) in [5.41, 5.74) is 1.64. The number of hydrogen-bond donors (Lipinski definition) is 0. The summed E-state index contributed by atoms with van der Waals surface area (Å²) in [5.74, 6) is 2.84. The van der Waals surface area contributed by atoms with Crippen molar-refractivity contribution >= 4 is 15.9 Å². The predicted molar refractivity (Wildman–Crippen MR) is 83.4 cm³/mol. The summed E-state index contributed by atoms with van der Waals surface area (Å²) in [6.45, 7) is 0. The Labute approximate surface area is 129 Å². The van der Waals surface area contributed by atoms with Gasteiger partial charge in [-0.1, -0.05) is 28.1 Å². The van der Waals surface area contributed by atoms with Crippen LogP contribution in [-0.4, -0.2) is 4.83 Å². The molecule has 20 heavy (non-hydrogen) atoms. The highest BCUT2D eigenvalue weighted by atomic mass is 79.9. The molecule has 4 bridgehead atoms. The van der Waals surface area contributed by atoms with E-state index in [1.54, 1.807) is 6.07 Å². The molecule has 0 aliphatic heterocycles. The number of benzene rings is 1. The molecule has 4 fully saturated rings. The monoisotopic (exact) mass is 336 g/mol. The van der Waals surface area contributed by atoms with E-state index in [0.29, 0.717) is 10.2 Å². The minimum Gasteiger partial charge on any atom is -0.207 e. The molecule has 1 aromatic rings. The van der Waals surface area contributed by atoms with Gasteiger partial charge in [-0.3, -0.25) is 0 Å². The molecule has 1 atom stereocenters. The first-order chi connectivity index (χ1) is 9.63. The molecule has 0 amide bonds. The number of hydrogen-bond acceptors (Lipinski definition) is 0. The van der Waals surface area contributed by atoms with Gasteiger partial charge in [0, 0.05) is 4.83 Å². The Bertz CT molecular complexity index is 475. The van der Waals surface area contributed by atoms with Gasteiger partial charge in [0.05, 0.1) is 0 Å². The van der Waals surface area contributed by atoms with Crippen molar-refractivity contribution in [2.75, 3.05) is 0 Å². The molecule has 0 saturated heterocycles. The zero-order valence-electron chi connectivity index (χ0n) is 11.8. The SMILES string of the molecule is Fc1cccc(CC(Br)C23CC4CC(CC(C4)C2)C3)c1. The van der Waals surface area contributed by atoms with Gasteiger partial charge in [-0.25, -0.2) is 4.39 Å². The molecular weight excluding hydrogens is 315 g/mol. The Balaban J connectivity index is 1.54. The lowest BCUT2D eigenvalue weighted by molar-refractivity contribution is -0.0522. The minimum absolute atomic E-state index is 0.104. The van der Waals surface area contributed by atoms with Crippen LogP contribution >= 0.6 is 15.9 Å². The second-order valence-corrected chi connectivity index (χ2v) is 8.69. The van der Waals surface area contributed by atoms with E-state index >= 15 is 0 Å². The molecular formula is C18H22BrF. The number of alkyl halides is 1. The van der Waals surface area contributed by atoms with E-state index in [0.717, 1.165) is 29.7 Å². The minimum atomic E-state index is -0.104. The van der Waals surface area contributed by atoms with Gasteiger partial charge in [-0.05, 0) is 85.8 Å². The van der Waals surface area contributed by atoms with Crippen LogP contribution in [-0.2, 0) is 6.42 Å². The first-order valence-corrected chi connectivity index (χ1v) is 8.93. The fourth-order valence-electron chi connectivity index (χ4n) is 5.65. The van der Waals surface area contributed by atoms with Crippen LogP contribution in [0.15, 0.2) is 24.3 Å². The van der Waals surface area contributed by atoms with Crippen LogP contribution in [0, 0.1) is 29.0 Å². The van der Waals surface area contributed by atoms with Gasteiger partial charge in [-0.15, -0.1) is 0 Å². The Morgan fingerprint density at radius 2 is 1.70 bits per heavy atom. The van der Waals surface area contributed by atoms with Gasteiger partial charge in [-0.2, -0.15) is 0 Å². The quantitative estimate of drug-likeness (QED) is 0.653. The maximum absolute atomic E-state index is 13.4. The van der Waals surface area contributed by atoms with Crippen molar-refractivity contribution in [2.24, 2.45) is 23.2 Å². The van der Waals surface area contributed by atoms with Crippen molar-refractivity contribution in [3.8, 4) is 0 Å². The second-order valence-electron chi connectivity index (χ2n) is 7.58. The largest absolute Gasteiger partial charge is 0.207 e. The summed E-state index contributed by atoms with van der Waals surface area (Å²) in [6, 6.07) is 7.15. The summed E-state index contributed by atoms with van der Waals surface area (Å²) in [5, 5.41) is 0. The fraction of sp³-hybridized carbons (Fsp3) is 0.667. The van der Waals surface area contributed by atoms with E-state index in [2.05, 4.69) is 22.0 Å². The molecule has 0 N–H and O–H groups in total. The van der Waals surface area contributed by atoms with Crippen molar-refractivity contribution in [3.05, 3.63) is 35.6 Å². The van der Waals surface area contributed by atoms with E-state index < -0.39 is 0 Å². The normalized spacial score (nSPS) is 40.0. The van der Waals surface area contributed by atoms with Gasteiger partial charge >= 0.3 is 0 Å². The summed E-state index contributed by atoms with van der Waals surface area (Å²) < 4.78 is 13.4. The van der Waals surface area contributed by atoms with Crippen molar-refractivity contribution in [1.29, 1.82) is 0 Å². The van der Waals surface area contributed by atoms with Crippen LogP contribution in [0.2, 0.25) is 0 Å². The third-order valence-corrected chi connectivity index (χ3v) is 7.35. The highest BCUT2D eigenvalue weighted by Gasteiger charge is 2.53. The highest BCUT2D eigenvalue weighted by Crippen LogP contribution is 2.62. The van der Waals surface area contributed by atoms with Crippen molar-refractivity contribution in [1.82, 2.24) is 0 Å². The molecule has 4 aliphatic rings. The predicted octanol–water partition coefficient (Wildman–Crippen LogP) is 5.35. The molecule has 108 valence electrons. The summed E-state index contributed by atoms with van der Waals surface area (Å²) >= 11 is 4.01. The van der Waals surface area contributed by atoms with Crippen LogP contribution in [0.5, 0.6) is 0 Å². The zero-order valence-corrected chi connectivity index (χ0v) is 13.4. The topological polar surface area (TPSA) is 0 Å². The molecule has 2 heteroatoms. The molecule has 0 aromatic heterocycles. The maximum atomic E-state index is 13.4. The lowest BCUT2D eigenvalue weighted by Crippen LogP contribution is -2.50. The standard InChI is InChI=1S/C18H22BrF/c19-17(8-12-2-1-3-16(20)7-12)18-9-13-4-14(10-18)6-15(5-13)11-18/h1-3,7,13-15,17H,4-6,8-11H2. The zero-order chi connectivity index (χ0) is 13.7. The maximum Gasteiger partial charge on any atom is 0.123 e. The Hall–Kier alpha value is -0.370. The molecule has 4 aliphatic carbocycles. The molecule has 0 nitrogen and oxygen atoms in total. The van der Waals surface area contributed by atoms with Gasteiger partial charge in [0.2, 0.25) is 0 Å². The Morgan fingerprint density at radius 3 is 2.25 bits per heavy atom. The van der Waals surface area contributed by atoms with Crippen molar-refractivity contribution in [3.63, 3.8) is 0 Å². The molecule has 0 heterocycles. The van der Waals surface area contributed by atoms with Crippen molar-refractivity contribution < 1.29 is 4.39 Å². The van der Waals surface area contributed by atoms with Crippen LogP contribution in [0.25, 0.3) is 0 Å². The van der Waals surface area contributed by atoms with Gasteiger partial charge in [0.1, 0.15) is 5.82 Å². The van der Waals surface area contributed by atoms with E-state index in [1.807, 2.05) is 6.07 Å². The van der Waals surface area contributed by atoms with E-state index in [9.17, 15) is 4.39 Å². The van der Waals surface area contributed by atoms with E-state index in [1.165, 1.54) is 44.6 Å². The van der Waals surface area contributed by atoms with Crippen LogP contribution in [0.1, 0.15) is 44.1 Å². The summed E-state index contributed by atoms with van der Waals surface area (Å²) in [6.07, 6.45) is 9.65. The molecule has 1 unspecified atom stereocenters. The Morgan fingerprint density at radius 1 is 1.10 bits per heavy atom. The summed E-state index contributed by atoms with van der Waals surface area (Å²) in [4.78, 5) is 0.519. The molecule has 4 saturated carbocycles. The van der Waals surface area contributed by atoms with Gasteiger partial charge < -0.3 is 0 Å². The third kappa shape index (κ3) is 2.24. The average molecular weight is 337 g/mol. The Kier molecular flexibility index (Phi) is 3.21. The lowest BCUT2D eigenvalue weighted by Gasteiger charge is -2.58. The summed E-state index contributed by atoms with van der Waals surface area (Å²) in [7, 11) is 0. The second kappa shape index (κ2) is 4.83. The van der Waals surface area contributed by atoms with Crippen LogP contribution in [0.4, 0.5) is 4.39 Å².